The van der Waals surface area contributed by atoms with Crippen LogP contribution in [0.25, 0.3) is 0 Å². The Morgan fingerprint density at radius 1 is 1.07 bits per heavy atom. The second-order valence-electron chi connectivity index (χ2n) is 7.04. The topological polar surface area (TPSA) is 35.9 Å². The van der Waals surface area contributed by atoms with Gasteiger partial charge in [-0.25, -0.2) is 4.39 Å². The first-order chi connectivity index (χ1) is 13.2. The number of rotatable bonds is 8. The van der Waals surface area contributed by atoms with E-state index in [1.165, 1.54) is 17.7 Å². The summed E-state index contributed by atoms with van der Waals surface area (Å²) in [6.07, 6.45) is 0.747. The van der Waals surface area contributed by atoms with E-state index in [0.29, 0.717) is 12.6 Å². The summed E-state index contributed by atoms with van der Waals surface area (Å²) >= 11 is 0. The van der Waals surface area contributed by atoms with Crippen LogP contribution in [0.3, 0.4) is 0 Å². The molecule has 2 aromatic rings. The lowest BCUT2D eigenvalue weighted by Gasteiger charge is -2.41. The first-order valence-corrected chi connectivity index (χ1v) is 9.72. The molecule has 0 radical (unpaired) electrons. The third-order valence-corrected chi connectivity index (χ3v) is 5.12. The Balaban J connectivity index is 1.65. The van der Waals surface area contributed by atoms with Gasteiger partial charge in [-0.05, 0) is 37.1 Å². The van der Waals surface area contributed by atoms with Gasteiger partial charge < -0.3 is 9.84 Å². The van der Waals surface area contributed by atoms with Crippen molar-refractivity contribution in [3.63, 3.8) is 0 Å². The van der Waals surface area contributed by atoms with Gasteiger partial charge in [0, 0.05) is 50.9 Å². The fourth-order valence-corrected chi connectivity index (χ4v) is 3.73. The third kappa shape index (κ3) is 5.51. The summed E-state index contributed by atoms with van der Waals surface area (Å²) in [5.41, 5.74) is 2.31. The summed E-state index contributed by atoms with van der Waals surface area (Å²) in [6, 6.07) is 15.2. The average Bonchev–Trinajstić information content (AvgIpc) is 2.67. The second kappa shape index (κ2) is 9.83. The number of piperazine rings is 1. The maximum Gasteiger partial charge on any atom is 0.123 e. The van der Waals surface area contributed by atoms with Gasteiger partial charge >= 0.3 is 0 Å². The summed E-state index contributed by atoms with van der Waals surface area (Å²) in [6.45, 7) is 7.26. The van der Waals surface area contributed by atoms with E-state index in [1.54, 1.807) is 0 Å². The number of para-hydroxylation sites is 1. The number of benzene rings is 2. The van der Waals surface area contributed by atoms with E-state index < -0.39 is 0 Å². The van der Waals surface area contributed by atoms with E-state index in [0.717, 1.165) is 50.5 Å². The lowest BCUT2D eigenvalue weighted by Crippen LogP contribution is -2.52. The van der Waals surface area contributed by atoms with Gasteiger partial charge in [0.15, 0.2) is 0 Å². The van der Waals surface area contributed by atoms with Gasteiger partial charge in [0.1, 0.15) is 11.6 Å². The zero-order valence-electron chi connectivity index (χ0n) is 16.0. The maximum absolute atomic E-state index is 13.1. The number of nitrogens with zero attached hydrogens (tertiary/aromatic N) is 2. The normalized spacial score (nSPS) is 18.6. The molecule has 4 nitrogen and oxygen atoms in total. The highest BCUT2D eigenvalue weighted by molar-refractivity contribution is 5.33. The molecule has 2 aromatic carbocycles. The van der Waals surface area contributed by atoms with Crippen LogP contribution in [0.1, 0.15) is 24.5 Å². The molecule has 0 aromatic heterocycles. The van der Waals surface area contributed by atoms with Gasteiger partial charge in [0.2, 0.25) is 0 Å². The molecule has 1 heterocycles. The van der Waals surface area contributed by atoms with E-state index in [9.17, 15) is 9.50 Å². The minimum Gasteiger partial charge on any atom is -0.494 e. The molecule has 1 atom stereocenters. The molecule has 0 bridgehead atoms. The molecule has 1 saturated heterocycles. The Morgan fingerprint density at radius 2 is 1.85 bits per heavy atom. The molecule has 1 N–H and O–H groups in total. The third-order valence-electron chi connectivity index (χ3n) is 5.12. The monoisotopic (exact) mass is 372 g/mol. The molecule has 146 valence electrons. The van der Waals surface area contributed by atoms with E-state index in [-0.39, 0.29) is 12.4 Å². The molecule has 3 rings (SSSR count). The minimum atomic E-state index is -0.199. The fourth-order valence-electron chi connectivity index (χ4n) is 3.73. The maximum atomic E-state index is 13.1. The van der Waals surface area contributed by atoms with Crippen LogP contribution in [-0.4, -0.2) is 53.8 Å². The molecule has 0 amide bonds. The van der Waals surface area contributed by atoms with Crippen molar-refractivity contribution in [2.45, 2.75) is 32.5 Å². The largest absolute Gasteiger partial charge is 0.494 e. The van der Waals surface area contributed by atoms with E-state index in [1.807, 2.05) is 37.3 Å². The molecule has 0 spiro atoms. The number of halogens is 1. The summed E-state index contributed by atoms with van der Waals surface area (Å²) in [7, 11) is 0. The Kier molecular flexibility index (Phi) is 7.21. The molecule has 1 aliphatic heterocycles. The van der Waals surface area contributed by atoms with Crippen LogP contribution in [0.2, 0.25) is 0 Å². The van der Waals surface area contributed by atoms with E-state index in [4.69, 9.17) is 4.74 Å². The quantitative estimate of drug-likeness (QED) is 0.771. The zero-order chi connectivity index (χ0) is 19.1. The van der Waals surface area contributed by atoms with Crippen LogP contribution in [-0.2, 0) is 13.1 Å². The van der Waals surface area contributed by atoms with E-state index >= 15 is 0 Å². The summed E-state index contributed by atoms with van der Waals surface area (Å²) in [4.78, 5) is 4.83. The molecule has 27 heavy (non-hydrogen) atoms. The van der Waals surface area contributed by atoms with Crippen LogP contribution in [0.4, 0.5) is 4.39 Å². The van der Waals surface area contributed by atoms with Crippen molar-refractivity contribution in [3.8, 4) is 5.75 Å². The number of aliphatic hydroxyl groups excluding tert-OH is 1. The predicted octanol–water partition coefficient (Wildman–Crippen LogP) is 3.29. The molecule has 0 unspecified atom stereocenters. The SMILES string of the molecule is CCOc1ccccc1CN1CCN(Cc2ccc(F)cc2)C[C@H]1CCO. The minimum absolute atomic E-state index is 0.179. The lowest BCUT2D eigenvalue weighted by molar-refractivity contribution is 0.0494. The molecule has 1 fully saturated rings. The number of hydrogen-bond acceptors (Lipinski definition) is 4. The molecule has 5 heteroatoms. The molecular formula is C22H29FN2O2. The van der Waals surface area contributed by atoms with Gasteiger partial charge in [0.25, 0.3) is 0 Å². The van der Waals surface area contributed by atoms with Gasteiger partial charge in [-0.2, -0.15) is 0 Å². The van der Waals surface area contributed by atoms with Crippen LogP contribution in [0.5, 0.6) is 5.75 Å². The lowest BCUT2D eigenvalue weighted by atomic mass is 10.1. The van der Waals surface area contributed by atoms with Crippen LogP contribution < -0.4 is 4.74 Å². The van der Waals surface area contributed by atoms with Gasteiger partial charge in [-0.1, -0.05) is 30.3 Å². The Morgan fingerprint density at radius 3 is 2.59 bits per heavy atom. The predicted molar refractivity (Wildman–Crippen MR) is 105 cm³/mol. The number of hydrogen-bond donors (Lipinski definition) is 1. The van der Waals surface area contributed by atoms with Crippen molar-refractivity contribution in [1.82, 2.24) is 9.80 Å². The van der Waals surface area contributed by atoms with Gasteiger partial charge in [-0.3, -0.25) is 9.80 Å². The highest BCUT2D eigenvalue weighted by Gasteiger charge is 2.27. The van der Waals surface area contributed by atoms with Gasteiger partial charge in [-0.15, -0.1) is 0 Å². The van der Waals surface area contributed by atoms with Gasteiger partial charge in [0.05, 0.1) is 6.61 Å². The first-order valence-electron chi connectivity index (χ1n) is 9.72. The summed E-state index contributed by atoms with van der Waals surface area (Å²) in [5, 5.41) is 9.54. The molecular weight excluding hydrogens is 343 g/mol. The second-order valence-corrected chi connectivity index (χ2v) is 7.04. The summed E-state index contributed by atoms with van der Waals surface area (Å²) in [5.74, 6) is 0.742. The van der Waals surface area contributed by atoms with Crippen molar-refractivity contribution >= 4 is 0 Å². The van der Waals surface area contributed by atoms with Crippen molar-refractivity contribution in [1.29, 1.82) is 0 Å². The van der Waals surface area contributed by atoms with Crippen molar-refractivity contribution < 1.29 is 14.2 Å². The standard InChI is InChI=1S/C22H29FN2O2/c1-2-27-22-6-4-3-5-19(22)16-25-13-12-24(17-21(25)11-14-26)15-18-7-9-20(23)10-8-18/h3-10,21,26H,2,11-17H2,1H3/t21-/m1/s1. The summed E-state index contributed by atoms with van der Waals surface area (Å²) < 4.78 is 18.9. The number of ether oxygens (including phenoxy) is 1. The average molecular weight is 372 g/mol. The highest BCUT2D eigenvalue weighted by Crippen LogP contribution is 2.24. The molecule has 0 aliphatic carbocycles. The Labute approximate surface area is 161 Å². The van der Waals surface area contributed by atoms with Crippen molar-refractivity contribution in [3.05, 3.63) is 65.5 Å². The Hall–Kier alpha value is -1.95. The van der Waals surface area contributed by atoms with E-state index in [2.05, 4.69) is 15.9 Å². The van der Waals surface area contributed by atoms with Crippen LogP contribution in [0.15, 0.2) is 48.5 Å². The zero-order valence-corrected chi connectivity index (χ0v) is 16.0. The van der Waals surface area contributed by atoms with Crippen LogP contribution >= 0.6 is 0 Å². The highest BCUT2D eigenvalue weighted by atomic mass is 19.1. The smallest absolute Gasteiger partial charge is 0.123 e. The van der Waals surface area contributed by atoms with Crippen LogP contribution in [0, 0.1) is 5.82 Å². The first kappa shape index (κ1) is 19.8. The number of aliphatic hydroxyl groups is 1. The Bertz CT molecular complexity index is 708. The fraction of sp³-hybridized carbons (Fsp3) is 0.455. The van der Waals surface area contributed by atoms with Crippen molar-refractivity contribution in [2.75, 3.05) is 32.8 Å². The van der Waals surface area contributed by atoms with Crippen molar-refractivity contribution in [2.24, 2.45) is 0 Å². The molecule has 0 saturated carbocycles. The molecule has 1 aliphatic rings.